The van der Waals surface area contributed by atoms with Crippen molar-refractivity contribution >= 4 is 41.5 Å². The lowest BCUT2D eigenvalue weighted by atomic mass is 9.72. The largest absolute Gasteiger partial charge is 0.378 e. The van der Waals surface area contributed by atoms with Crippen molar-refractivity contribution in [2.75, 3.05) is 61.1 Å². The quantitative estimate of drug-likeness (QED) is 0.704. The number of morpholine rings is 1. The van der Waals surface area contributed by atoms with E-state index in [0.29, 0.717) is 37.8 Å². The van der Waals surface area contributed by atoms with Gasteiger partial charge in [-0.15, -0.1) is 12.4 Å². The number of anilines is 4. The van der Waals surface area contributed by atoms with E-state index in [-0.39, 0.29) is 24.2 Å². The Morgan fingerprint density at radius 2 is 1.91 bits per heavy atom. The molecule has 1 aromatic carbocycles. The molecule has 1 amide bonds. The second kappa shape index (κ2) is 9.28. The second-order valence-electron chi connectivity index (χ2n) is 8.15. The molecule has 9 nitrogen and oxygen atoms in total. The fourth-order valence-electron chi connectivity index (χ4n) is 4.43. The first-order valence-electron chi connectivity index (χ1n) is 10.7. The number of halogens is 1. The Bertz CT molecular complexity index is 1000. The highest BCUT2D eigenvalue weighted by atomic mass is 35.5. The van der Waals surface area contributed by atoms with Crippen LogP contribution in [0.3, 0.4) is 0 Å². The Kier molecular flexibility index (Phi) is 6.46. The summed E-state index contributed by atoms with van der Waals surface area (Å²) in [5, 5.41) is 16.2. The first kappa shape index (κ1) is 22.3. The number of amides is 1. The zero-order valence-electron chi connectivity index (χ0n) is 17.7. The third-order valence-corrected chi connectivity index (χ3v) is 6.45. The summed E-state index contributed by atoms with van der Waals surface area (Å²) in [4.78, 5) is 25.9. The first-order valence-corrected chi connectivity index (χ1v) is 10.7. The van der Waals surface area contributed by atoms with Crippen LogP contribution in [0, 0.1) is 22.7 Å². The van der Waals surface area contributed by atoms with E-state index in [0.717, 1.165) is 37.7 Å². The van der Waals surface area contributed by atoms with Crippen LogP contribution < -0.4 is 20.4 Å². The molecule has 3 fully saturated rings. The van der Waals surface area contributed by atoms with Crippen LogP contribution in [0.5, 0.6) is 0 Å². The van der Waals surface area contributed by atoms with E-state index >= 15 is 0 Å². The summed E-state index contributed by atoms with van der Waals surface area (Å²) >= 11 is 0. The number of carbonyl (C=O) groups is 1. The van der Waals surface area contributed by atoms with E-state index in [1.807, 2.05) is 12.1 Å². The zero-order chi connectivity index (χ0) is 21.3. The average molecular weight is 456 g/mol. The number of rotatable bonds is 5. The third-order valence-electron chi connectivity index (χ3n) is 6.45. The van der Waals surface area contributed by atoms with Gasteiger partial charge in [0.1, 0.15) is 11.2 Å². The maximum Gasteiger partial charge on any atom is 0.249 e. The van der Waals surface area contributed by atoms with E-state index in [4.69, 9.17) is 4.74 Å². The molecule has 4 heterocycles. The van der Waals surface area contributed by atoms with Gasteiger partial charge in [-0.1, -0.05) is 0 Å². The normalized spacial score (nSPS) is 23.3. The van der Waals surface area contributed by atoms with Crippen LogP contribution in [0.4, 0.5) is 23.1 Å². The van der Waals surface area contributed by atoms with Crippen molar-refractivity contribution in [1.82, 2.24) is 15.3 Å². The smallest absolute Gasteiger partial charge is 0.249 e. The van der Waals surface area contributed by atoms with Crippen molar-refractivity contribution in [2.45, 2.75) is 6.42 Å². The Hall–Kier alpha value is -2.93. The summed E-state index contributed by atoms with van der Waals surface area (Å²) in [5.41, 5.74) is 1.08. The van der Waals surface area contributed by atoms with Gasteiger partial charge in [-0.2, -0.15) is 10.2 Å². The monoisotopic (exact) mass is 455 g/mol. The maximum absolute atomic E-state index is 13.1. The Morgan fingerprint density at radius 1 is 1.16 bits per heavy atom. The molecule has 0 spiro atoms. The van der Waals surface area contributed by atoms with Gasteiger partial charge in [0.05, 0.1) is 19.3 Å². The third kappa shape index (κ3) is 3.97. The number of ether oxygens (including phenoxy) is 1. The maximum atomic E-state index is 13.1. The van der Waals surface area contributed by atoms with Crippen molar-refractivity contribution in [1.29, 1.82) is 5.26 Å². The molecule has 2 aromatic rings. The highest BCUT2D eigenvalue weighted by Gasteiger charge is 2.54. The molecule has 32 heavy (non-hydrogen) atoms. The van der Waals surface area contributed by atoms with Crippen molar-refractivity contribution in [3.8, 4) is 6.07 Å². The molecule has 0 aliphatic carbocycles. The molecule has 0 radical (unpaired) electrons. The Balaban J connectivity index is 0.00000245. The minimum Gasteiger partial charge on any atom is -0.378 e. The van der Waals surface area contributed by atoms with Crippen LogP contribution in [0.2, 0.25) is 0 Å². The molecule has 3 aliphatic heterocycles. The molecular weight excluding hydrogens is 430 g/mol. The predicted octanol–water partition coefficient (Wildman–Crippen LogP) is 1.94. The minimum atomic E-state index is -0.945. The van der Waals surface area contributed by atoms with E-state index in [2.05, 4.69) is 43.7 Å². The molecule has 2 N–H and O–H groups in total. The average Bonchev–Trinajstić information content (AvgIpc) is 3.11. The predicted molar refractivity (Wildman–Crippen MR) is 123 cm³/mol. The van der Waals surface area contributed by atoms with Gasteiger partial charge >= 0.3 is 0 Å². The Morgan fingerprint density at radius 3 is 2.56 bits per heavy atom. The second-order valence-corrected chi connectivity index (χ2v) is 8.15. The van der Waals surface area contributed by atoms with E-state index in [1.54, 1.807) is 17.2 Å². The fraction of sp³-hybridized carbons (Fsp3) is 0.455. The summed E-state index contributed by atoms with van der Waals surface area (Å²) < 4.78 is 5.41. The summed E-state index contributed by atoms with van der Waals surface area (Å²) in [7, 11) is 0. The van der Waals surface area contributed by atoms with Crippen LogP contribution in [0.15, 0.2) is 36.5 Å². The lowest BCUT2D eigenvalue weighted by molar-refractivity contribution is -0.126. The summed E-state index contributed by atoms with van der Waals surface area (Å²) in [6.07, 6.45) is 2.17. The summed E-state index contributed by atoms with van der Waals surface area (Å²) in [5.74, 6) is 0.862. The molecule has 1 aromatic heterocycles. The molecule has 0 bridgehead atoms. The molecule has 0 saturated carbocycles. The number of hydrogen-bond acceptors (Lipinski definition) is 8. The van der Waals surface area contributed by atoms with E-state index in [9.17, 15) is 10.1 Å². The van der Waals surface area contributed by atoms with Gasteiger partial charge in [-0.25, -0.2) is 4.98 Å². The number of aromatic nitrogens is 2. The molecule has 1 unspecified atom stereocenters. The van der Waals surface area contributed by atoms with Crippen LogP contribution in [0.1, 0.15) is 6.42 Å². The first-order chi connectivity index (χ1) is 15.2. The van der Waals surface area contributed by atoms with Crippen LogP contribution in [-0.2, 0) is 9.53 Å². The number of benzene rings is 1. The van der Waals surface area contributed by atoms with Gasteiger partial charge in [0.2, 0.25) is 11.9 Å². The van der Waals surface area contributed by atoms with Crippen molar-refractivity contribution in [2.24, 2.45) is 11.3 Å². The van der Waals surface area contributed by atoms with Gasteiger partial charge < -0.3 is 20.3 Å². The summed E-state index contributed by atoms with van der Waals surface area (Å²) in [6.45, 7) is 5.20. The minimum absolute atomic E-state index is 0. The number of carbonyl (C=O) groups excluding carboxylic acids is 1. The van der Waals surface area contributed by atoms with Gasteiger partial charge in [0.15, 0.2) is 0 Å². The highest BCUT2D eigenvalue weighted by Crippen LogP contribution is 2.42. The molecular formula is C22H26ClN7O2. The van der Waals surface area contributed by atoms with Crippen molar-refractivity contribution < 1.29 is 9.53 Å². The standard InChI is InChI=1S/C22H25N7O2.ClH/c23-15-22(16-13-24-14-16)6-8-29(20(22)30)19-5-7-25-21(27-19)26-17-1-3-18(4-2-17)28-9-11-31-12-10-28;/h1-5,7,16,24H,6,8-14H2,(H,25,26,27);1H. The van der Waals surface area contributed by atoms with E-state index in [1.165, 1.54) is 0 Å². The van der Waals surface area contributed by atoms with Gasteiger partial charge in [0, 0.05) is 56.2 Å². The Labute approximate surface area is 193 Å². The number of nitrogens with zero attached hydrogens (tertiary/aromatic N) is 5. The van der Waals surface area contributed by atoms with Crippen molar-refractivity contribution in [3.05, 3.63) is 36.5 Å². The van der Waals surface area contributed by atoms with Gasteiger partial charge in [-0.05, 0) is 36.8 Å². The summed E-state index contributed by atoms with van der Waals surface area (Å²) in [6, 6.07) is 12.1. The van der Waals surface area contributed by atoms with Gasteiger partial charge in [-0.3, -0.25) is 9.69 Å². The number of nitriles is 1. The topological polar surface area (TPSA) is 106 Å². The zero-order valence-corrected chi connectivity index (χ0v) is 18.5. The molecule has 3 saturated heterocycles. The van der Waals surface area contributed by atoms with Crippen LogP contribution in [0.25, 0.3) is 0 Å². The van der Waals surface area contributed by atoms with Gasteiger partial charge in [0.25, 0.3) is 0 Å². The highest BCUT2D eigenvalue weighted by molar-refractivity contribution is 6.01. The van der Waals surface area contributed by atoms with Crippen LogP contribution in [-0.4, -0.2) is 61.8 Å². The number of nitrogens with one attached hydrogen (secondary N) is 2. The molecule has 168 valence electrons. The lowest BCUT2D eigenvalue weighted by Gasteiger charge is -2.36. The SMILES string of the molecule is Cl.N#CC1(C2CNC2)CCN(c2ccnc(Nc3ccc(N4CCOCC4)cc3)n2)C1=O. The van der Waals surface area contributed by atoms with Crippen LogP contribution >= 0.6 is 12.4 Å². The lowest BCUT2D eigenvalue weighted by Crippen LogP contribution is -2.54. The van der Waals surface area contributed by atoms with E-state index < -0.39 is 5.41 Å². The number of hydrogen-bond donors (Lipinski definition) is 2. The molecule has 3 aliphatic rings. The molecule has 10 heteroatoms. The molecule has 5 rings (SSSR count). The molecule has 1 atom stereocenters. The van der Waals surface area contributed by atoms with Crippen molar-refractivity contribution in [3.63, 3.8) is 0 Å². The fourth-order valence-corrected chi connectivity index (χ4v) is 4.43.